The van der Waals surface area contributed by atoms with Gasteiger partial charge in [0.25, 0.3) is 5.19 Å². The van der Waals surface area contributed by atoms with Crippen molar-refractivity contribution in [1.82, 2.24) is 10.2 Å². The summed E-state index contributed by atoms with van der Waals surface area (Å²) in [5, 5.41) is 17.2. The van der Waals surface area contributed by atoms with Crippen molar-refractivity contribution in [2.24, 2.45) is 0 Å². The summed E-state index contributed by atoms with van der Waals surface area (Å²) in [4.78, 5) is 0. The van der Waals surface area contributed by atoms with Gasteiger partial charge in [-0.1, -0.05) is 16.4 Å². The number of aromatic nitrogens is 2. The third kappa shape index (κ3) is 6.82. The summed E-state index contributed by atoms with van der Waals surface area (Å²) in [7, 11) is 1.63. The second-order valence-corrected chi connectivity index (χ2v) is 4.21. The van der Waals surface area contributed by atoms with Gasteiger partial charge in [-0.3, -0.25) is 0 Å². The van der Waals surface area contributed by atoms with Crippen LogP contribution in [0.4, 0.5) is 0 Å². The van der Waals surface area contributed by atoms with Crippen LogP contribution >= 0.6 is 11.3 Å². The maximum Gasteiger partial charge on any atom is 0.294 e. The molecule has 104 valence electrons. The lowest BCUT2D eigenvalue weighted by Crippen LogP contribution is -2.12. The first-order chi connectivity index (χ1) is 8.86. The molecule has 0 atom stereocenters. The molecule has 1 aromatic rings. The zero-order chi connectivity index (χ0) is 13.1. The molecule has 0 saturated heterocycles. The van der Waals surface area contributed by atoms with E-state index in [1.807, 2.05) is 0 Å². The van der Waals surface area contributed by atoms with Gasteiger partial charge < -0.3 is 24.1 Å². The molecule has 0 radical (unpaired) electrons. The maximum absolute atomic E-state index is 8.79. The Balaban J connectivity index is 1.89. The lowest BCUT2D eigenvalue weighted by Gasteiger charge is -2.05. The van der Waals surface area contributed by atoms with Gasteiger partial charge in [-0.15, -0.1) is 5.10 Å². The molecule has 0 aromatic carbocycles. The Bertz CT molecular complexity index is 310. The van der Waals surface area contributed by atoms with Gasteiger partial charge in [-0.25, -0.2) is 0 Å². The van der Waals surface area contributed by atoms with Gasteiger partial charge in [0, 0.05) is 7.11 Å². The van der Waals surface area contributed by atoms with E-state index in [9.17, 15) is 0 Å². The zero-order valence-electron chi connectivity index (χ0n) is 10.3. The highest BCUT2D eigenvalue weighted by Crippen LogP contribution is 2.17. The fourth-order valence-corrected chi connectivity index (χ4v) is 1.58. The van der Waals surface area contributed by atoms with Crippen molar-refractivity contribution in [2.45, 2.75) is 6.61 Å². The molecule has 0 fully saturated rings. The highest BCUT2D eigenvalue weighted by molar-refractivity contribution is 7.13. The third-order valence-electron chi connectivity index (χ3n) is 1.84. The van der Waals surface area contributed by atoms with E-state index < -0.39 is 0 Å². The highest BCUT2D eigenvalue weighted by Gasteiger charge is 2.03. The van der Waals surface area contributed by atoms with Crippen molar-refractivity contribution in [3.63, 3.8) is 0 Å². The topological polar surface area (TPSA) is 82.9 Å². The predicted octanol–water partition coefficient (Wildman–Crippen LogP) is 0.0888. The number of ether oxygens (including phenoxy) is 4. The largest absolute Gasteiger partial charge is 0.466 e. The van der Waals surface area contributed by atoms with Gasteiger partial charge in [-0.2, -0.15) is 0 Å². The Kier molecular flexibility index (Phi) is 8.61. The van der Waals surface area contributed by atoms with Crippen LogP contribution in [0.3, 0.4) is 0 Å². The Hall–Kier alpha value is -0.800. The van der Waals surface area contributed by atoms with Crippen LogP contribution in [0, 0.1) is 0 Å². The molecule has 0 bridgehead atoms. The smallest absolute Gasteiger partial charge is 0.294 e. The van der Waals surface area contributed by atoms with Crippen molar-refractivity contribution in [1.29, 1.82) is 0 Å². The van der Waals surface area contributed by atoms with Gasteiger partial charge in [0.05, 0.1) is 39.6 Å². The molecule has 0 unspecified atom stereocenters. The summed E-state index contributed by atoms with van der Waals surface area (Å²) in [6, 6.07) is 0. The fourth-order valence-electron chi connectivity index (χ4n) is 1.01. The number of aliphatic hydroxyl groups is 1. The molecule has 0 aliphatic carbocycles. The lowest BCUT2D eigenvalue weighted by molar-refractivity contribution is 0.0179. The molecule has 0 aliphatic rings. The minimum atomic E-state index is -0.115. The number of hydrogen-bond acceptors (Lipinski definition) is 8. The summed E-state index contributed by atoms with van der Waals surface area (Å²) >= 11 is 1.22. The minimum absolute atomic E-state index is 0.115. The van der Waals surface area contributed by atoms with Crippen molar-refractivity contribution in [2.75, 3.05) is 46.8 Å². The van der Waals surface area contributed by atoms with Gasteiger partial charge >= 0.3 is 0 Å². The molecule has 1 heterocycles. The molecule has 0 amide bonds. The van der Waals surface area contributed by atoms with E-state index in [0.717, 1.165) is 0 Å². The first-order valence-electron chi connectivity index (χ1n) is 5.57. The number of nitrogens with zero attached hydrogens (tertiary/aromatic N) is 2. The van der Waals surface area contributed by atoms with E-state index in [4.69, 9.17) is 24.1 Å². The Morgan fingerprint density at radius 2 is 1.67 bits per heavy atom. The van der Waals surface area contributed by atoms with Gasteiger partial charge in [0.15, 0.2) is 0 Å². The van der Waals surface area contributed by atoms with Crippen LogP contribution in [0.1, 0.15) is 5.01 Å². The maximum atomic E-state index is 8.79. The molecule has 8 heteroatoms. The Morgan fingerprint density at radius 3 is 2.28 bits per heavy atom. The van der Waals surface area contributed by atoms with Crippen LogP contribution in [-0.2, 0) is 20.8 Å². The van der Waals surface area contributed by atoms with Gasteiger partial charge in [-0.05, 0) is 0 Å². The summed E-state index contributed by atoms with van der Waals surface area (Å²) in [5.74, 6) is 0. The molecule has 7 nitrogen and oxygen atoms in total. The number of methoxy groups -OCH3 is 1. The van der Waals surface area contributed by atoms with Gasteiger partial charge in [0.2, 0.25) is 0 Å². The van der Waals surface area contributed by atoms with E-state index in [0.29, 0.717) is 49.8 Å². The number of rotatable bonds is 11. The molecule has 1 aromatic heterocycles. The average molecular weight is 278 g/mol. The van der Waals surface area contributed by atoms with Crippen molar-refractivity contribution >= 4 is 11.3 Å². The molecule has 0 spiro atoms. The summed E-state index contributed by atoms with van der Waals surface area (Å²) in [6.45, 7) is 2.97. The van der Waals surface area contributed by atoms with Crippen molar-refractivity contribution in [3.8, 4) is 5.19 Å². The highest BCUT2D eigenvalue weighted by atomic mass is 32.1. The molecular weight excluding hydrogens is 260 g/mol. The average Bonchev–Trinajstić information content (AvgIpc) is 2.85. The Morgan fingerprint density at radius 1 is 1.00 bits per heavy atom. The zero-order valence-corrected chi connectivity index (χ0v) is 11.1. The lowest BCUT2D eigenvalue weighted by atomic mass is 10.7. The van der Waals surface area contributed by atoms with Gasteiger partial charge in [0.1, 0.15) is 11.6 Å². The monoisotopic (exact) mass is 278 g/mol. The number of hydrogen-bond donors (Lipinski definition) is 1. The van der Waals surface area contributed by atoms with Crippen LogP contribution in [0.15, 0.2) is 0 Å². The molecule has 1 rings (SSSR count). The van der Waals surface area contributed by atoms with Crippen LogP contribution in [0.25, 0.3) is 0 Å². The summed E-state index contributed by atoms with van der Waals surface area (Å²) < 4.78 is 20.6. The van der Waals surface area contributed by atoms with E-state index in [1.54, 1.807) is 7.11 Å². The minimum Gasteiger partial charge on any atom is -0.466 e. The quantitative estimate of drug-likeness (QED) is 0.574. The van der Waals surface area contributed by atoms with Crippen LogP contribution in [-0.4, -0.2) is 62.1 Å². The fraction of sp³-hybridized carbons (Fsp3) is 0.800. The van der Waals surface area contributed by atoms with Crippen LogP contribution < -0.4 is 4.74 Å². The van der Waals surface area contributed by atoms with E-state index in [1.165, 1.54) is 11.3 Å². The molecule has 0 saturated carbocycles. The molecule has 1 N–H and O–H groups in total. The van der Waals surface area contributed by atoms with E-state index in [2.05, 4.69) is 10.2 Å². The van der Waals surface area contributed by atoms with E-state index >= 15 is 0 Å². The standard InChI is InChI=1S/C10H18N2O5S/c1-14-2-3-15-4-5-16-6-7-17-10-12-11-9(8-13)18-10/h13H,2-8H2,1H3. The van der Waals surface area contributed by atoms with Crippen molar-refractivity contribution < 1.29 is 24.1 Å². The van der Waals surface area contributed by atoms with E-state index in [-0.39, 0.29) is 6.61 Å². The first-order valence-corrected chi connectivity index (χ1v) is 6.39. The molecule has 0 aliphatic heterocycles. The predicted molar refractivity (Wildman–Crippen MR) is 64.8 cm³/mol. The Labute approximate surface area is 110 Å². The summed E-state index contributed by atoms with van der Waals surface area (Å²) in [5.41, 5.74) is 0. The normalized spacial score (nSPS) is 10.8. The van der Waals surface area contributed by atoms with Crippen LogP contribution in [0.5, 0.6) is 5.19 Å². The third-order valence-corrected chi connectivity index (χ3v) is 2.66. The molecular formula is C10H18N2O5S. The second-order valence-electron chi connectivity index (χ2n) is 3.19. The first kappa shape index (κ1) is 15.3. The SMILES string of the molecule is COCCOCCOCCOc1nnc(CO)s1. The number of aliphatic hydroxyl groups excluding tert-OH is 1. The van der Waals surface area contributed by atoms with Crippen molar-refractivity contribution in [3.05, 3.63) is 5.01 Å². The summed E-state index contributed by atoms with van der Waals surface area (Å²) in [6.07, 6.45) is 0. The van der Waals surface area contributed by atoms with Crippen LogP contribution in [0.2, 0.25) is 0 Å². The second kappa shape index (κ2) is 10.2. The molecule has 18 heavy (non-hydrogen) atoms.